The fourth-order valence-corrected chi connectivity index (χ4v) is 5.62. The van der Waals surface area contributed by atoms with Gasteiger partial charge in [-0.25, -0.2) is 4.98 Å². The summed E-state index contributed by atoms with van der Waals surface area (Å²) in [5.41, 5.74) is 4.86. The van der Waals surface area contributed by atoms with E-state index in [1.807, 2.05) is 12.3 Å². The van der Waals surface area contributed by atoms with Crippen molar-refractivity contribution in [3.63, 3.8) is 0 Å². The molecular formula is C27H37N5O2. The highest BCUT2D eigenvalue weighted by atomic mass is 16.3. The Bertz CT molecular complexity index is 1180. The average Bonchev–Trinajstić information content (AvgIpc) is 3.21. The van der Waals surface area contributed by atoms with Crippen molar-refractivity contribution in [3.8, 4) is 0 Å². The van der Waals surface area contributed by atoms with Gasteiger partial charge in [-0.3, -0.25) is 4.79 Å². The molecule has 3 aromatic rings. The molecule has 2 aromatic heterocycles. The van der Waals surface area contributed by atoms with Crippen LogP contribution < -0.4 is 16.2 Å². The largest absolute Gasteiger partial charge is 0.396 e. The van der Waals surface area contributed by atoms with Gasteiger partial charge in [0.25, 0.3) is 5.56 Å². The number of aromatic nitrogens is 3. The van der Waals surface area contributed by atoms with Crippen LogP contribution in [0.4, 0.5) is 5.69 Å². The molecule has 1 aliphatic heterocycles. The van der Waals surface area contributed by atoms with Crippen LogP contribution in [0.5, 0.6) is 0 Å². The van der Waals surface area contributed by atoms with Crippen molar-refractivity contribution in [2.45, 2.75) is 77.0 Å². The topological polar surface area (TPSA) is 84.1 Å². The minimum Gasteiger partial charge on any atom is -0.396 e. The molecule has 1 atom stereocenters. The van der Waals surface area contributed by atoms with Gasteiger partial charge >= 0.3 is 0 Å². The van der Waals surface area contributed by atoms with E-state index in [-0.39, 0.29) is 5.56 Å². The third-order valence-electron chi connectivity index (χ3n) is 7.68. The predicted octanol–water partition coefficient (Wildman–Crippen LogP) is 3.33. The maximum Gasteiger partial charge on any atom is 0.250 e. The number of nitrogens with one attached hydrogen (secondary N) is 2. The standard InChI is InChI=1S/C27H37N5O2/c1-19-5-10-22-23(29-19)11-12-24-27(22)30-25(13-16-31-15-3-2-4-26(31)34)32(24)17-14-28-21-8-6-20(18-33)7-9-21/h2-4,11-12,15,19-21,28-29,33H,5-10,13-14,16-18H2,1H3/t19-,20-,21-/m0/s1. The summed E-state index contributed by atoms with van der Waals surface area (Å²) in [5.74, 6) is 1.52. The van der Waals surface area contributed by atoms with E-state index in [9.17, 15) is 9.90 Å². The van der Waals surface area contributed by atoms with Crippen molar-refractivity contribution >= 4 is 16.7 Å². The quantitative estimate of drug-likeness (QED) is 0.477. The summed E-state index contributed by atoms with van der Waals surface area (Å²) in [6.07, 6.45) is 9.22. The molecule has 1 aromatic carbocycles. The molecule has 0 amide bonds. The zero-order valence-corrected chi connectivity index (χ0v) is 20.2. The van der Waals surface area contributed by atoms with Crippen molar-refractivity contribution in [2.75, 3.05) is 18.5 Å². The molecule has 3 N–H and O–H groups in total. The Morgan fingerprint density at radius 3 is 2.76 bits per heavy atom. The maximum atomic E-state index is 12.2. The van der Waals surface area contributed by atoms with E-state index in [0.29, 0.717) is 31.2 Å². The average molecular weight is 464 g/mol. The van der Waals surface area contributed by atoms with E-state index in [0.717, 1.165) is 69.4 Å². The molecule has 0 bridgehead atoms. The fraction of sp³-hybridized carbons (Fsp3) is 0.556. The van der Waals surface area contributed by atoms with E-state index in [2.05, 4.69) is 34.3 Å². The molecule has 34 heavy (non-hydrogen) atoms. The number of nitrogens with zero attached hydrogens (tertiary/aromatic N) is 3. The molecule has 0 spiro atoms. The lowest BCUT2D eigenvalue weighted by atomic mass is 9.86. The Balaban J connectivity index is 1.37. The van der Waals surface area contributed by atoms with Gasteiger partial charge in [-0.15, -0.1) is 0 Å². The Hall–Kier alpha value is -2.64. The predicted molar refractivity (Wildman–Crippen MR) is 136 cm³/mol. The first kappa shape index (κ1) is 23.1. The lowest BCUT2D eigenvalue weighted by molar-refractivity contribution is 0.175. The number of benzene rings is 1. The zero-order chi connectivity index (χ0) is 23.5. The summed E-state index contributed by atoms with van der Waals surface area (Å²) < 4.78 is 4.12. The number of aryl methyl sites for hydroxylation is 3. The number of imidazole rings is 1. The third-order valence-corrected chi connectivity index (χ3v) is 7.68. The van der Waals surface area contributed by atoms with Gasteiger partial charge in [-0.1, -0.05) is 6.07 Å². The lowest BCUT2D eigenvalue weighted by Crippen LogP contribution is -2.36. The monoisotopic (exact) mass is 463 g/mol. The number of rotatable bonds is 8. The molecular weight excluding hydrogens is 426 g/mol. The fourth-order valence-electron chi connectivity index (χ4n) is 5.62. The first-order chi connectivity index (χ1) is 16.6. The van der Waals surface area contributed by atoms with Crippen molar-refractivity contribution in [3.05, 3.63) is 58.3 Å². The van der Waals surface area contributed by atoms with E-state index in [1.54, 1.807) is 16.7 Å². The Kier molecular flexibility index (Phi) is 7.02. The number of hydrogen-bond acceptors (Lipinski definition) is 5. The van der Waals surface area contributed by atoms with Crippen LogP contribution in [-0.2, 0) is 25.9 Å². The molecule has 1 aliphatic carbocycles. The molecule has 3 heterocycles. The van der Waals surface area contributed by atoms with Gasteiger partial charge in [0, 0.05) is 68.3 Å². The second kappa shape index (κ2) is 10.3. The van der Waals surface area contributed by atoms with E-state index >= 15 is 0 Å². The molecule has 0 unspecified atom stereocenters. The number of anilines is 1. The van der Waals surface area contributed by atoms with Gasteiger partial charge in [-0.05, 0) is 69.6 Å². The highest BCUT2D eigenvalue weighted by molar-refractivity contribution is 5.86. The minimum absolute atomic E-state index is 0.0286. The van der Waals surface area contributed by atoms with Crippen molar-refractivity contribution in [1.29, 1.82) is 0 Å². The van der Waals surface area contributed by atoms with Gasteiger partial charge in [0.1, 0.15) is 5.82 Å². The number of pyridine rings is 1. The van der Waals surface area contributed by atoms with Crippen LogP contribution in [0.1, 0.15) is 50.4 Å². The van der Waals surface area contributed by atoms with Crippen LogP contribution in [0.15, 0.2) is 41.3 Å². The van der Waals surface area contributed by atoms with E-state index in [4.69, 9.17) is 4.98 Å². The smallest absolute Gasteiger partial charge is 0.250 e. The van der Waals surface area contributed by atoms with Crippen LogP contribution in [0, 0.1) is 5.92 Å². The Morgan fingerprint density at radius 2 is 1.97 bits per heavy atom. The maximum absolute atomic E-state index is 12.2. The third kappa shape index (κ3) is 4.91. The lowest BCUT2D eigenvalue weighted by Gasteiger charge is -2.28. The van der Waals surface area contributed by atoms with Crippen LogP contribution in [0.25, 0.3) is 11.0 Å². The Labute approximate surface area is 201 Å². The first-order valence-electron chi connectivity index (χ1n) is 12.9. The number of aliphatic hydroxyl groups is 1. The molecule has 7 nitrogen and oxygen atoms in total. The summed E-state index contributed by atoms with van der Waals surface area (Å²) in [5, 5.41) is 16.8. The summed E-state index contributed by atoms with van der Waals surface area (Å²) in [6.45, 7) is 4.93. The normalized spacial score (nSPS) is 22.5. The van der Waals surface area contributed by atoms with Gasteiger partial charge < -0.3 is 24.9 Å². The summed E-state index contributed by atoms with van der Waals surface area (Å²) in [4.78, 5) is 17.3. The number of hydrogen-bond donors (Lipinski definition) is 3. The SMILES string of the molecule is C[C@H]1CCc2c(ccc3c2nc(CCn2ccccc2=O)n3CCN[C@H]2CC[C@H](CO)CC2)N1. The summed E-state index contributed by atoms with van der Waals surface area (Å²) >= 11 is 0. The minimum atomic E-state index is 0.0286. The highest BCUT2D eigenvalue weighted by Crippen LogP contribution is 2.32. The van der Waals surface area contributed by atoms with Gasteiger partial charge in [0.15, 0.2) is 0 Å². The molecule has 2 aliphatic rings. The van der Waals surface area contributed by atoms with Crippen LogP contribution in [0.2, 0.25) is 0 Å². The van der Waals surface area contributed by atoms with Gasteiger partial charge in [0.2, 0.25) is 0 Å². The Morgan fingerprint density at radius 1 is 1.12 bits per heavy atom. The second-order valence-corrected chi connectivity index (χ2v) is 10.1. The van der Waals surface area contributed by atoms with E-state index < -0.39 is 0 Å². The van der Waals surface area contributed by atoms with E-state index in [1.165, 1.54) is 16.8 Å². The molecule has 0 saturated heterocycles. The molecule has 1 saturated carbocycles. The second-order valence-electron chi connectivity index (χ2n) is 10.1. The van der Waals surface area contributed by atoms with Gasteiger partial charge in [-0.2, -0.15) is 0 Å². The zero-order valence-electron chi connectivity index (χ0n) is 20.2. The van der Waals surface area contributed by atoms with Gasteiger partial charge in [0.05, 0.1) is 11.0 Å². The number of fused-ring (bicyclic) bond motifs is 3. The molecule has 182 valence electrons. The van der Waals surface area contributed by atoms with Crippen molar-refractivity contribution < 1.29 is 5.11 Å². The first-order valence-corrected chi connectivity index (χ1v) is 12.9. The molecule has 7 heteroatoms. The van der Waals surface area contributed by atoms with Crippen molar-refractivity contribution in [1.82, 2.24) is 19.4 Å². The van der Waals surface area contributed by atoms with Crippen LogP contribution >= 0.6 is 0 Å². The summed E-state index contributed by atoms with van der Waals surface area (Å²) in [6, 6.07) is 10.7. The molecule has 0 radical (unpaired) electrons. The molecule has 5 rings (SSSR count). The van der Waals surface area contributed by atoms with Crippen molar-refractivity contribution in [2.24, 2.45) is 5.92 Å². The van der Waals surface area contributed by atoms with Crippen LogP contribution in [-0.4, -0.2) is 44.5 Å². The number of aliphatic hydroxyl groups excluding tert-OH is 1. The molecule has 1 fully saturated rings. The summed E-state index contributed by atoms with van der Waals surface area (Å²) in [7, 11) is 0. The highest BCUT2D eigenvalue weighted by Gasteiger charge is 2.22. The van der Waals surface area contributed by atoms with Crippen LogP contribution in [0.3, 0.4) is 0 Å².